The summed E-state index contributed by atoms with van der Waals surface area (Å²) >= 11 is 0. The number of rotatable bonds is 9. The van der Waals surface area contributed by atoms with Crippen molar-refractivity contribution < 1.29 is 9.53 Å². The van der Waals surface area contributed by atoms with Gasteiger partial charge in [-0.25, -0.2) is 0 Å². The van der Waals surface area contributed by atoms with Crippen LogP contribution >= 0.6 is 0 Å². The molecule has 0 saturated carbocycles. The topological polar surface area (TPSA) is 41.6 Å². The van der Waals surface area contributed by atoms with Crippen LogP contribution in [0.1, 0.15) is 41.2 Å². The molecule has 4 nitrogen and oxygen atoms in total. The summed E-state index contributed by atoms with van der Waals surface area (Å²) in [5, 5.41) is 2.98. The average Bonchev–Trinajstić information content (AvgIpc) is 3.33. The zero-order valence-electron chi connectivity index (χ0n) is 17.9. The van der Waals surface area contributed by atoms with E-state index in [1.807, 2.05) is 60.7 Å². The van der Waals surface area contributed by atoms with Crippen LogP contribution in [0.3, 0.4) is 0 Å². The molecule has 1 aliphatic rings. The fourth-order valence-corrected chi connectivity index (χ4v) is 4.01. The lowest BCUT2D eigenvalue weighted by Gasteiger charge is -2.19. The Morgan fingerprint density at radius 2 is 1.35 bits per heavy atom. The zero-order chi connectivity index (χ0) is 21.3. The minimum Gasteiger partial charge on any atom is -0.359 e. The van der Waals surface area contributed by atoms with Crippen LogP contribution in [0, 0.1) is 0 Å². The van der Waals surface area contributed by atoms with E-state index >= 15 is 0 Å². The van der Waals surface area contributed by atoms with E-state index in [2.05, 4.69) is 34.5 Å². The van der Waals surface area contributed by atoms with E-state index in [1.54, 1.807) is 0 Å². The zero-order valence-corrected chi connectivity index (χ0v) is 17.9. The van der Waals surface area contributed by atoms with Crippen LogP contribution in [0.5, 0.6) is 0 Å². The summed E-state index contributed by atoms with van der Waals surface area (Å²) < 4.78 is 6.04. The SMILES string of the molecule is O=C(COC(c1ccccc1)c1ccccc1)NCc1ccc(CN2CCCC2)cc1. The number of hydrogen-bond acceptors (Lipinski definition) is 3. The molecule has 4 rings (SSSR count). The molecule has 0 aliphatic carbocycles. The summed E-state index contributed by atoms with van der Waals surface area (Å²) in [6, 6.07) is 28.6. The van der Waals surface area contributed by atoms with E-state index in [0.717, 1.165) is 23.2 Å². The largest absolute Gasteiger partial charge is 0.359 e. The summed E-state index contributed by atoms with van der Waals surface area (Å²) in [5.41, 5.74) is 4.50. The van der Waals surface area contributed by atoms with Crippen molar-refractivity contribution in [3.05, 3.63) is 107 Å². The molecule has 31 heavy (non-hydrogen) atoms. The van der Waals surface area contributed by atoms with E-state index in [4.69, 9.17) is 4.74 Å². The van der Waals surface area contributed by atoms with Crippen LogP contribution in [-0.4, -0.2) is 30.5 Å². The van der Waals surface area contributed by atoms with Crippen molar-refractivity contribution in [3.63, 3.8) is 0 Å². The number of nitrogens with zero attached hydrogens (tertiary/aromatic N) is 1. The third kappa shape index (κ3) is 6.27. The van der Waals surface area contributed by atoms with Gasteiger partial charge in [0, 0.05) is 13.1 Å². The second kappa shape index (κ2) is 10.9. The van der Waals surface area contributed by atoms with Crippen molar-refractivity contribution in [2.24, 2.45) is 0 Å². The van der Waals surface area contributed by atoms with E-state index in [-0.39, 0.29) is 18.6 Å². The predicted molar refractivity (Wildman–Crippen MR) is 123 cm³/mol. The van der Waals surface area contributed by atoms with Gasteiger partial charge in [-0.2, -0.15) is 0 Å². The summed E-state index contributed by atoms with van der Waals surface area (Å²) in [7, 11) is 0. The molecule has 3 aromatic rings. The summed E-state index contributed by atoms with van der Waals surface area (Å²) in [4.78, 5) is 14.9. The van der Waals surface area contributed by atoms with Crippen LogP contribution in [0.2, 0.25) is 0 Å². The number of likely N-dealkylation sites (tertiary alicyclic amines) is 1. The number of ether oxygens (including phenoxy) is 1. The molecule has 3 aromatic carbocycles. The summed E-state index contributed by atoms with van der Waals surface area (Å²) in [5.74, 6) is -0.113. The number of benzene rings is 3. The molecule has 1 fully saturated rings. The average molecular weight is 415 g/mol. The van der Waals surface area contributed by atoms with Crippen molar-refractivity contribution >= 4 is 5.91 Å². The first-order valence-corrected chi connectivity index (χ1v) is 11.1. The van der Waals surface area contributed by atoms with Gasteiger partial charge in [-0.05, 0) is 48.2 Å². The lowest BCUT2D eigenvalue weighted by molar-refractivity contribution is -0.127. The minimum atomic E-state index is -0.266. The Bertz CT molecular complexity index is 896. The fourth-order valence-electron chi connectivity index (χ4n) is 4.01. The number of carbonyl (C=O) groups excluding carboxylic acids is 1. The van der Waals surface area contributed by atoms with Gasteiger partial charge in [-0.1, -0.05) is 84.9 Å². The molecule has 0 bridgehead atoms. The molecule has 0 spiro atoms. The quantitative estimate of drug-likeness (QED) is 0.552. The highest BCUT2D eigenvalue weighted by molar-refractivity contribution is 5.77. The van der Waals surface area contributed by atoms with Gasteiger partial charge in [-0.15, -0.1) is 0 Å². The van der Waals surface area contributed by atoms with Gasteiger partial charge >= 0.3 is 0 Å². The molecule has 160 valence electrons. The molecule has 1 saturated heterocycles. The van der Waals surface area contributed by atoms with Crippen molar-refractivity contribution in [2.45, 2.75) is 32.0 Å². The molecule has 0 radical (unpaired) electrons. The second-order valence-corrected chi connectivity index (χ2v) is 8.09. The monoisotopic (exact) mass is 414 g/mol. The molecule has 0 unspecified atom stereocenters. The molecular weight excluding hydrogens is 384 g/mol. The number of amides is 1. The van der Waals surface area contributed by atoms with Crippen LogP contribution in [0.15, 0.2) is 84.9 Å². The van der Waals surface area contributed by atoms with Crippen molar-refractivity contribution in [3.8, 4) is 0 Å². The number of carbonyl (C=O) groups is 1. The lowest BCUT2D eigenvalue weighted by atomic mass is 10.0. The Labute approximate surface area is 184 Å². The maximum Gasteiger partial charge on any atom is 0.246 e. The lowest BCUT2D eigenvalue weighted by Crippen LogP contribution is -2.28. The van der Waals surface area contributed by atoms with Gasteiger partial charge in [0.25, 0.3) is 0 Å². The molecule has 1 amide bonds. The van der Waals surface area contributed by atoms with Crippen LogP contribution in [0.25, 0.3) is 0 Å². The highest BCUT2D eigenvalue weighted by Crippen LogP contribution is 2.25. The van der Waals surface area contributed by atoms with Crippen molar-refractivity contribution in [2.75, 3.05) is 19.7 Å². The van der Waals surface area contributed by atoms with Crippen molar-refractivity contribution in [1.29, 1.82) is 0 Å². The van der Waals surface area contributed by atoms with Crippen LogP contribution < -0.4 is 5.32 Å². The van der Waals surface area contributed by atoms with E-state index < -0.39 is 0 Å². The maximum absolute atomic E-state index is 12.4. The maximum atomic E-state index is 12.4. The normalized spacial score (nSPS) is 14.1. The molecule has 1 N–H and O–H groups in total. The summed E-state index contributed by atoms with van der Waals surface area (Å²) in [6.45, 7) is 3.94. The number of hydrogen-bond donors (Lipinski definition) is 1. The van der Waals surface area contributed by atoms with Gasteiger partial charge in [0.15, 0.2) is 0 Å². The third-order valence-electron chi connectivity index (χ3n) is 5.70. The van der Waals surface area contributed by atoms with Crippen LogP contribution in [-0.2, 0) is 22.6 Å². The van der Waals surface area contributed by atoms with Gasteiger partial charge in [0.1, 0.15) is 12.7 Å². The third-order valence-corrected chi connectivity index (χ3v) is 5.70. The molecular formula is C27H30N2O2. The van der Waals surface area contributed by atoms with Crippen LogP contribution in [0.4, 0.5) is 0 Å². The molecule has 4 heteroatoms. The van der Waals surface area contributed by atoms with E-state index in [0.29, 0.717) is 6.54 Å². The Morgan fingerprint density at radius 3 is 1.94 bits per heavy atom. The van der Waals surface area contributed by atoms with Gasteiger partial charge < -0.3 is 10.1 Å². The van der Waals surface area contributed by atoms with E-state index in [9.17, 15) is 4.79 Å². The van der Waals surface area contributed by atoms with Gasteiger partial charge in [-0.3, -0.25) is 9.69 Å². The standard InChI is InChI=1S/C27H30N2O2/c30-26(28-19-22-13-15-23(16-14-22)20-29-17-7-8-18-29)21-31-27(24-9-3-1-4-10-24)25-11-5-2-6-12-25/h1-6,9-16,27H,7-8,17-21H2,(H,28,30). The number of nitrogens with one attached hydrogen (secondary N) is 1. The Kier molecular flexibility index (Phi) is 7.48. The first-order valence-electron chi connectivity index (χ1n) is 11.1. The Hall–Kier alpha value is -2.95. The molecule has 0 aromatic heterocycles. The first-order chi connectivity index (χ1) is 15.3. The highest BCUT2D eigenvalue weighted by atomic mass is 16.5. The van der Waals surface area contributed by atoms with Gasteiger partial charge in [0.2, 0.25) is 5.91 Å². The Balaban J connectivity index is 1.28. The second-order valence-electron chi connectivity index (χ2n) is 8.09. The first kappa shape index (κ1) is 21.3. The summed E-state index contributed by atoms with van der Waals surface area (Å²) in [6.07, 6.45) is 2.35. The highest BCUT2D eigenvalue weighted by Gasteiger charge is 2.16. The minimum absolute atomic E-state index is 0.0154. The smallest absolute Gasteiger partial charge is 0.246 e. The Morgan fingerprint density at radius 1 is 0.806 bits per heavy atom. The molecule has 1 aliphatic heterocycles. The fraction of sp³-hybridized carbons (Fsp3) is 0.296. The van der Waals surface area contributed by atoms with E-state index in [1.165, 1.54) is 31.5 Å². The van der Waals surface area contributed by atoms with Crippen molar-refractivity contribution in [1.82, 2.24) is 10.2 Å². The molecule has 1 heterocycles. The van der Waals surface area contributed by atoms with Gasteiger partial charge in [0.05, 0.1) is 0 Å². The molecule has 0 atom stereocenters. The predicted octanol–water partition coefficient (Wildman–Crippen LogP) is 4.70.